The van der Waals surface area contributed by atoms with Crippen molar-refractivity contribution in [2.24, 2.45) is 4.99 Å². The van der Waals surface area contributed by atoms with Crippen LogP contribution in [0, 0.1) is 6.92 Å². The summed E-state index contributed by atoms with van der Waals surface area (Å²) in [4.78, 5) is 4.87. The Morgan fingerprint density at radius 3 is 2.40 bits per heavy atom. The molecule has 25 heavy (non-hydrogen) atoms. The third-order valence-electron chi connectivity index (χ3n) is 4.76. The van der Waals surface area contributed by atoms with Crippen LogP contribution in [-0.2, 0) is 0 Å². The first-order valence-electron chi connectivity index (χ1n) is 9.53. The molecule has 0 N–H and O–H groups in total. The minimum atomic E-state index is 0.133. The number of aliphatic imine (C=N–C) groups is 1. The molecular weight excluding hydrogens is 306 g/mol. The lowest BCUT2D eigenvalue weighted by Gasteiger charge is -2.19. The van der Waals surface area contributed by atoms with Gasteiger partial charge in [-0.25, -0.2) is 0 Å². The van der Waals surface area contributed by atoms with E-state index in [2.05, 4.69) is 63.2 Å². The summed E-state index contributed by atoms with van der Waals surface area (Å²) < 4.78 is 6.21. The van der Waals surface area contributed by atoms with E-state index in [0.717, 1.165) is 16.9 Å². The molecule has 0 aromatic heterocycles. The van der Waals surface area contributed by atoms with Gasteiger partial charge >= 0.3 is 0 Å². The highest BCUT2D eigenvalue weighted by atomic mass is 16.5. The maximum atomic E-state index is 6.21. The maximum Gasteiger partial charge on any atom is 0.136 e. The average Bonchev–Trinajstić information content (AvgIpc) is 2.62. The molecule has 2 aromatic carbocycles. The molecule has 1 aliphatic rings. The summed E-state index contributed by atoms with van der Waals surface area (Å²) in [5.74, 6) is 0.945. The number of aryl methyl sites for hydroxylation is 1. The van der Waals surface area contributed by atoms with Crippen LogP contribution in [0.3, 0.4) is 0 Å². The molecule has 0 saturated heterocycles. The molecule has 1 aliphatic carbocycles. The molecule has 1 saturated carbocycles. The molecule has 0 radical (unpaired) electrons. The Morgan fingerprint density at radius 2 is 1.72 bits per heavy atom. The van der Waals surface area contributed by atoms with Crippen LogP contribution in [0.1, 0.15) is 57.1 Å². The highest BCUT2D eigenvalue weighted by Gasteiger charge is 2.14. The summed E-state index contributed by atoms with van der Waals surface area (Å²) in [6.07, 6.45) is 8.57. The van der Waals surface area contributed by atoms with Crippen LogP contribution in [0.2, 0.25) is 0 Å². The van der Waals surface area contributed by atoms with E-state index in [-0.39, 0.29) is 6.10 Å². The SMILES string of the molecule is Cc1ccc(-c2cccc(C=NC3CCCCC3)c2OC(C)C)cc1. The van der Waals surface area contributed by atoms with Crippen LogP contribution in [0.15, 0.2) is 47.5 Å². The number of ether oxygens (including phenoxy) is 1. The Kier molecular flexibility index (Phi) is 5.91. The van der Waals surface area contributed by atoms with Crippen molar-refractivity contribution in [1.82, 2.24) is 0 Å². The van der Waals surface area contributed by atoms with Gasteiger partial charge in [0.2, 0.25) is 0 Å². The fourth-order valence-corrected chi connectivity index (χ4v) is 3.40. The van der Waals surface area contributed by atoms with Gasteiger partial charge in [-0.05, 0) is 45.2 Å². The fraction of sp³-hybridized carbons (Fsp3) is 0.435. The van der Waals surface area contributed by atoms with Crippen LogP contribution in [0.25, 0.3) is 11.1 Å². The number of nitrogens with zero attached hydrogens (tertiary/aromatic N) is 1. The van der Waals surface area contributed by atoms with Crippen LogP contribution >= 0.6 is 0 Å². The molecule has 1 fully saturated rings. The number of hydrogen-bond donors (Lipinski definition) is 0. The Balaban J connectivity index is 1.95. The molecule has 132 valence electrons. The van der Waals surface area contributed by atoms with E-state index >= 15 is 0 Å². The predicted molar refractivity (Wildman–Crippen MR) is 107 cm³/mol. The molecule has 0 spiro atoms. The summed E-state index contributed by atoms with van der Waals surface area (Å²) >= 11 is 0. The van der Waals surface area contributed by atoms with Gasteiger partial charge < -0.3 is 4.74 Å². The topological polar surface area (TPSA) is 21.6 Å². The first-order valence-corrected chi connectivity index (χ1v) is 9.53. The van der Waals surface area contributed by atoms with E-state index in [1.54, 1.807) is 0 Å². The maximum absolute atomic E-state index is 6.21. The third kappa shape index (κ3) is 4.72. The highest BCUT2D eigenvalue weighted by Crippen LogP contribution is 2.34. The Bertz CT molecular complexity index is 709. The smallest absolute Gasteiger partial charge is 0.136 e. The molecule has 0 unspecified atom stereocenters. The molecule has 0 aliphatic heterocycles. The Morgan fingerprint density at radius 1 is 1.00 bits per heavy atom. The summed E-state index contributed by atoms with van der Waals surface area (Å²) in [6.45, 7) is 6.27. The Labute approximate surface area is 152 Å². The molecule has 2 heteroatoms. The van der Waals surface area contributed by atoms with E-state index in [1.165, 1.54) is 43.2 Å². The van der Waals surface area contributed by atoms with Crippen molar-refractivity contribution in [2.45, 2.75) is 65.0 Å². The van der Waals surface area contributed by atoms with Gasteiger partial charge in [-0.15, -0.1) is 0 Å². The number of hydrogen-bond acceptors (Lipinski definition) is 2. The van der Waals surface area contributed by atoms with Gasteiger partial charge in [-0.3, -0.25) is 4.99 Å². The molecule has 2 nitrogen and oxygen atoms in total. The van der Waals surface area contributed by atoms with E-state index in [1.807, 2.05) is 6.21 Å². The second-order valence-corrected chi connectivity index (χ2v) is 7.33. The largest absolute Gasteiger partial charge is 0.490 e. The van der Waals surface area contributed by atoms with Gasteiger partial charge in [-0.2, -0.15) is 0 Å². The van der Waals surface area contributed by atoms with Gasteiger partial charge in [0, 0.05) is 23.4 Å². The van der Waals surface area contributed by atoms with Crippen molar-refractivity contribution in [3.05, 3.63) is 53.6 Å². The molecule has 3 rings (SSSR count). The zero-order chi connectivity index (χ0) is 17.6. The summed E-state index contributed by atoms with van der Waals surface area (Å²) in [6, 6.07) is 15.5. The average molecular weight is 335 g/mol. The fourth-order valence-electron chi connectivity index (χ4n) is 3.40. The van der Waals surface area contributed by atoms with E-state index in [4.69, 9.17) is 9.73 Å². The van der Waals surface area contributed by atoms with Crippen LogP contribution < -0.4 is 4.74 Å². The molecular formula is C23H29NO. The van der Waals surface area contributed by atoms with Gasteiger partial charge in [-0.1, -0.05) is 61.2 Å². The van der Waals surface area contributed by atoms with Gasteiger partial charge in [0.1, 0.15) is 5.75 Å². The standard InChI is InChI=1S/C23H29NO/c1-17(2)25-23-20(16-24-21-9-5-4-6-10-21)8-7-11-22(23)19-14-12-18(3)13-15-19/h7-8,11-17,21H,4-6,9-10H2,1-3H3. The van der Waals surface area contributed by atoms with Gasteiger partial charge in [0.05, 0.1) is 6.10 Å². The van der Waals surface area contributed by atoms with Crippen LogP contribution in [0.5, 0.6) is 5.75 Å². The lowest BCUT2D eigenvalue weighted by Crippen LogP contribution is -2.11. The molecule has 2 aromatic rings. The summed E-state index contributed by atoms with van der Waals surface area (Å²) in [5, 5.41) is 0. The van der Waals surface area contributed by atoms with E-state index in [9.17, 15) is 0 Å². The monoisotopic (exact) mass is 335 g/mol. The quantitative estimate of drug-likeness (QED) is 0.596. The number of para-hydroxylation sites is 1. The molecule has 0 heterocycles. The van der Waals surface area contributed by atoms with E-state index < -0.39 is 0 Å². The summed E-state index contributed by atoms with van der Waals surface area (Å²) in [7, 11) is 0. The normalized spacial score (nSPS) is 15.8. The van der Waals surface area contributed by atoms with Crippen molar-refractivity contribution < 1.29 is 4.74 Å². The Hall–Kier alpha value is -2.09. The van der Waals surface area contributed by atoms with Crippen molar-refractivity contribution in [3.8, 4) is 16.9 Å². The first kappa shape index (κ1) is 17.7. The van der Waals surface area contributed by atoms with Crippen LogP contribution in [-0.4, -0.2) is 18.4 Å². The zero-order valence-corrected chi connectivity index (χ0v) is 15.7. The second-order valence-electron chi connectivity index (χ2n) is 7.33. The number of benzene rings is 2. The first-order chi connectivity index (χ1) is 12.1. The van der Waals surface area contributed by atoms with Crippen molar-refractivity contribution >= 4 is 6.21 Å². The van der Waals surface area contributed by atoms with E-state index in [0.29, 0.717) is 6.04 Å². The van der Waals surface area contributed by atoms with Gasteiger partial charge in [0.15, 0.2) is 0 Å². The van der Waals surface area contributed by atoms with Crippen molar-refractivity contribution in [1.29, 1.82) is 0 Å². The van der Waals surface area contributed by atoms with Crippen molar-refractivity contribution in [3.63, 3.8) is 0 Å². The van der Waals surface area contributed by atoms with Crippen molar-refractivity contribution in [2.75, 3.05) is 0 Å². The number of rotatable bonds is 5. The highest BCUT2D eigenvalue weighted by molar-refractivity contribution is 5.89. The molecule has 0 bridgehead atoms. The van der Waals surface area contributed by atoms with Gasteiger partial charge in [0.25, 0.3) is 0 Å². The third-order valence-corrected chi connectivity index (χ3v) is 4.76. The summed E-state index contributed by atoms with van der Waals surface area (Å²) in [5.41, 5.74) is 4.68. The lowest BCUT2D eigenvalue weighted by atomic mass is 9.96. The minimum Gasteiger partial charge on any atom is -0.490 e. The zero-order valence-electron chi connectivity index (χ0n) is 15.7. The second kappa shape index (κ2) is 8.33. The molecule has 0 atom stereocenters. The predicted octanol–water partition coefficient (Wildman–Crippen LogP) is 6.20. The van der Waals surface area contributed by atoms with Crippen LogP contribution in [0.4, 0.5) is 0 Å². The lowest BCUT2D eigenvalue weighted by molar-refractivity contribution is 0.243. The minimum absolute atomic E-state index is 0.133. The molecule has 0 amide bonds.